The van der Waals surface area contributed by atoms with Gasteiger partial charge in [-0.3, -0.25) is 0 Å². The molecule has 1 aromatic carbocycles. The van der Waals surface area contributed by atoms with Crippen molar-refractivity contribution in [1.82, 2.24) is 14.8 Å². The second-order valence-corrected chi connectivity index (χ2v) is 5.59. The van der Waals surface area contributed by atoms with Gasteiger partial charge in [0, 0.05) is 23.7 Å². The predicted molar refractivity (Wildman–Crippen MR) is 84.5 cm³/mol. The van der Waals surface area contributed by atoms with E-state index in [9.17, 15) is 0 Å². The van der Waals surface area contributed by atoms with E-state index in [1.54, 1.807) is 11.8 Å². The van der Waals surface area contributed by atoms with Gasteiger partial charge in [-0.05, 0) is 24.1 Å². The zero-order valence-electron chi connectivity index (χ0n) is 12.2. The minimum Gasteiger partial charge on any atom is -0.497 e. The van der Waals surface area contributed by atoms with Crippen molar-refractivity contribution in [3.63, 3.8) is 0 Å². The quantitative estimate of drug-likeness (QED) is 0.727. The molecule has 3 rings (SSSR count). The Bertz CT molecular complexity index is 795. The second-order valence-electron chi connectivity index (χ2n) is 5.19. The minimum absolute atomic E-state index is 0.377. The fraction of sp³-hybridized carbons (Fsp3) is 0.250. The van der Waals surface area contributed by atoms with Gasteiger partial charge in [-0.2, -0.15) is 5.10 Å². The van der Waals surface area contributed by atoms with Crippen LogP contribution in [0.25, 0.3) is 16.7 Å². The molecule has 0 spiro atoms. The number of nitrogens with zero attached hydrogens (tertiary/aromatic N) is 3. The highest BCUT2D eigenvalue weighted by Crippen LogP contribution is 2.27. The van der Waals surface area contributed by atoms with Crippen molar-refractivity contribution in [2.45, 2.75) is 19.8 Å². The fourth-order valence-electron chi connectivity index (χ4n) is 2.17. The van der Waals surface area contributed by atoms with Crippen molar-refractivity contribution in [2.24, 2.45) is 0 Å². The molecule has 0 atom stereocenters. The Labute approximate surface area is 128 Å². The molecule has 0 fully saturated rings. The van der Waals surface area contributed by atoms with E-state index >= 15 is 0 Å². The summed E-state index contributed by atoms with van der Waals surface area (Å²) in [6, 6.07) is 9.48. The molecule has 0 radical (unpaired) electrons. The van der Waals surface area contributed by atoms with E-state index in [-0.39, 0.29) is 0 Å². The van der Waals surface area contributed by atoms with Crippen molar-refractivity contribution in [1.29, 1.82) is 0 Å². The first-order valence-corrected chi connectivity index (χ1v) is 7.16. The monoisotopic (exact) mass is 301 g/mol. The summed E-state index contributed by atoms with van der Waals surface area (Å²) in [6.07, 6.45) is 1.90. The summed E-state index contributed by atoms with van der Waals surface area (Å²) in [7, 11) is 1.63. The van der Waals surface area contributed by atoms with Gasteiger partial charge in [0.2, 0.25) is 0 Å². The van der Waals surface area contributed by atoms with Crippen LogP contribution < -0.4 is 4.74 Å². The third kappa shape index (κ3) is 2.59. The smallest absolute Gasteiger partial charge is 0.155 e. The molecule has 2 heterocycles. The van der Waals surface area contributed by atoms with Gasteiger partial charge in [0.05, 0.1) is 23.3 Å². The summed E-state index contributed by atoms with van der Waals surface area (Å²) < 4.78 is 6.99. The molecule has 0 N–H and O–H groups in total. The summed E-state index contributed by atoms with van der Waals surface area (Å²) in [5.74, 6) is 1.83. The number of hydrogen-bond donors (Lipinski definition) is 0. The van der Waals surface area contributed by atoms with E-state index in [1.165, 1.54) is 0 Å². The standard InChI is InChI=1S/C16H16ClN3O/c1-10(2)14-6-7-20(19-14)16-9-13(17)12-5-4-11(21-3)8-15(12)18-16/h4-10H,1-3H3. The van der Waals surface area contributed by atoms with Crippen LogP contribution in [-0.4, -0.2) is 21.9 Å². The summed E-state index contributed by atoms with van der Waals surface area (Å²) in [4.78, 5) is 4.62. The summed E-state index contributed by atoms with van der Waals surface area (Å²) in [5, 5.41) is 6.09. The van der Waals surface area contributed by atoms with Gasteiger partial charge in [0.1, 0.15) is 5.75 Å². The number of aromatic nitrogens is 3. The van der Waals surface area contributed by atoms with E-state index in [1.807, 2.05) is 36.5 Å². The molecule has 2 aromatic heterocycles. The lowest BCUT2D eigenvalue weighted by atomic mass is 10.1. The average Bonchev–Trinajstić information content (AvgIpc) is 2.96. The number of halogens is 1. The molecule has 0 amide bonds. The highest BCUT2D eigenvalue weighted by atomic mass is 35.5. The maximum absolute atomic E-state index is 6.36. The first-order valence-electron chi connectivity index (χ1n) is 6.78. The lowest BCUT2D eigenvalue weighted by Crippen LogP contribution is -2.00. The van der Waals surface area contributed by atoms with Crippen LogP contribution in [0.3, 0.4) is 0 Å². The molecule has 0 aliphatic carbocycles. The van der Waals surface area contributed by atoms with Crippen LogP contribution >= 0.6 is 11.6 Å². The Kier molecular flexibility index (Phi) is 3.55. The van der Waals surface area contributed by atoms with Gasteiger partial charge in [0.25, 0.3) is 0 Å². The molecule has 4 nitrogen and oxygen atoms in total. The number of fused-ring (bicyclic) bond motifs is 1. The van der Waals surface area contributed by atoms with E-state index in [0.717, 1.165) is 22.3 Å². The Morgan fingerprint density at radius 1 is 1.19 bits per heavy atom. The molecule has 0 aliphatic rings. The third-order valence-corrected chi connectivity index (χ3v) is 3.70. The van der Waals surface area contributed by atoms with E-state index < -0.39 is 0 Å². The first kappa shape index (κ1) is 13.9. The SMILES string of the molecule is COc1ccc2c(Cl)cc(-n3ccc(C(C)C)n3)nc2c1. The summed E-state index contributed by atoms with van der Waals surface area (Å²) >= 11 is 6.36. The Morgan fingerprint density at radius 3 is 2.67 bits per heavy atom. The molecule has 108 valence electrons. The van der Waals surface area contributed by atoms with Gasteiger partial charge in [0.15, 0.2) is 5.82 Å². The van der Waals surface area contributed by atoms with Gasteiger partial charge in [-0.15, -0.1) is 0 Å². The van der Waals surface area contributed by atoms with Gasteiger partial charge in [-0.1, -0.05) is 25.4 Å². The highest BCUT2D eigenvalue weighted by Gasteiger charge is 2.09. The zero-order chi connectivity index (χ0) is 15.0. The molecular formula is C16H16ClN3O. The summed E-state index contributed by atoms with van der Waals surface area (Å²) in [6.45, 7) is 4.22. The molecule has 0 saturated carbocycles. The molecule has 5 heteroatoms. The number of methoxy groups -OCH3 is 1. The van der Waals surface area contributed by atoms with Crippen LogP contribution in [0.4, 0.5) is 0 Å². The number of hydrogen-bond acceptors (Lipinski definition) is 3. The van der Waals surface area contributed by atoms with Crippen LogP contribution in [0.15, 0.2) is 36.5 Å². The van der Waals surface area contributed by atoms with E-state index in [2.05, 4.69) is 23.9 Å². The summed E-state index contributed by atoms with van der Waals surface area (Å²) in [5.41, 5.74) is 1.82. The topological polar surface area (TPSA) is 39.9 Å². The van der Waals surface area contributed by atoms with Crippen molar-refractivity contribution in [3.05, 3.63) is 47.2 Å². The molecule has 0 aliphatic heterocycles. The van der Waals surface area contributed by atoms with Crippen LogP contribution in [0, 0.1) is 0 Å². The van der Waals surface area contributed by atoms with Crippen LogP contribution in [0.1, 0.15) is 25.5 Å². The maximum Gasteiger partial charge on any atom is 0.155 e. The maximum atomic E-state index is 6.36. The minimum atomic E-state index is 0.377. The van der Waals surface area contributed by atoms with Gasteiger partial charge >= 0.3 is 0 Å². The largest absolute Gasteiger partial charge is 0.497 e. The molecular weight excluding hydrogens is 286 g/mol. The van der Waals surface area contributed by atoms with E-state index in [4.69, 9.17) is 16.3 Å². The third-order valence-electron chi connectivity index (χ3n) is 3.39. The fourth-order valence-corrected chi connectivity index (χ4v) is 2.43. The van der Waals surface area contributed by atoms with Crippen LogP contribution in [0.2, 0.25) is 5.02 Å². The number of rotatable bonds is 3. The highest BCUT2D eigenvalue weighted by molar-refractivity contribution is 6.35. The number of ether oxygens (including phenoxy) is 1. The molecule has 3 aromatic rings. The Balaban J connectivity index is 2.13. The Morgan fingerprint density at radius 2 is 2.00 bits per heavy atom. The van der Waals surface area contributed by atoms with E-state index in [0.29, 0.717) is 16.8 Å². The van der Waals surface area contributed by atoms with Gasteiger partial charge < -0.3 is 4.74 Å². The van der Waals surface area contributed by atoms with Crippen molar-refractivity contribution in [3.8, 4) is 11.6 Å². The molecule has 0 bridgehead atoms. The first-order chi connectivity index (χ1) is 10.1. The zero-order valence-corrected chi connectivity index (χ0v) is 12.9. The predicted octanol–water partition coefficient (Wildman–Crippen LogP) is 4.21. The molecule has 0 unspecified atom stereocenters. The van der Waals surface area contributed by atoms with Crippen LogP contribution in [-0.2, 0) is 0 Å². The van der Waals surface area contributed by atoms with Crippen LogP contribution in [0.5, 0.6) is 5.75 Å². The van der Waals surface area contributed by atoms with Gasteiger partial charge in [-0.25, -0.2) is 9.67 Å². The lowest BCUT2D eigenvalue weighted by Gasteiger charge is -2.07. The average molecular weight is 302 g/mol. The number of benzene rings is 1. The number of pyridine rings is 1. The second kappa shape index (κ2) is 5.37. The Hall–Kier alpha value is -2.07. The molecule has 0 saturated heterocycles. The molecule has 21 heavy (non-hydrogen) atoms. The normalized spacial score (nSPS) is 11.3. The van der Waals surface area contributed by atoms with Crippen molar-refractivity contribution in [2.75, 3.05) is 7.11 Å². The van der Waals surface area contributed by atoms with Crippen molar-refractivity contribution < 1.29 is 4.74 Å². The van der Waals surface area contributed by atoms with Crippen molar-refractivity contribution >= 4 is 22.5 Å². The lowest BCUT2D eigenvalue weighted by molar-refractivity contribution is 0.415.